The number of carbonyl (C=O) groups excluding carboxylic acids is 2. The summed E-state index contributed by atoms with van der Waals surface area (Å²) in [6.07, 6.45) is 0.440. The Morgan fingerprint density at radius 1 is 1.11 bits per heavy atom. The van der Waals surface area contributed by atoms with Crippen molar-refractivity contribution in [2.75, 3.05) is 7.11 Å². The molecule has 3 rings (SSSR count). The van der Waals surface area contributed by atoms with E-state index in [1.807, 2.05) is 4.72 Å². The van der Waals surface area contributed by atoms with Gasteiger partial charge >= 0.3 is 0 Å². The van der Waals surface area contributed by atoms with Crippen LogP contribution in [0, 0.1) is 10.1 Å². The number of rotatable bonds is 9. The number of non-ortho nitro benzene ring substituents is 1. The van der Waals surface area contributed by atoms with Gasteiger partial charge in [0, 0.05) is 24.1 Å². The van der Waals surface area contributed by atoms with Crippen LogP contribution in [0.25, 0.3) is 11.1 Å². The monoisotopic (exact) mass is 536 g/mol. The Morgan fingerprint density at radius 3 is 2.49 bits per heavy atom. The molecule has 0 saturated heterocycles. The molecule has 0 unspecified atom stereocenters. The van der Waals surface area contributed by atoms with E-state index in [0.29, 0.717) is 21.9 Å². The third-order valence-corrected chi connectivity index (χ3v) is 7.07. The van der Waals surface area contributed by atoms with Gasteiger partial charge in [-0.05, 0) is 41.8 Å². The number of ether oxygens (including phenoxy) is 1. The number of carbonyl (C=O) groups is 2. The number of amides is 1. The van der Waals surface area contributed by atoms with Crippen molar-refractivity contribution < 1.29 is 27.7 Å². The van der Waals surface area contributed by atoms with E-state index in [1.165, 1.54) is 37.4 Å². The smallest absolute Gasteiger partial charge is 0.270 e. The number of hydrogen-bond donors (Lipinski definition) is 1. The number of benzene rings is 3. The summed E-state index contributed by atoms with van der Waals surface area (Å²) in [5.41, 5.74) is 0.723. The van der Waals surface area contributed by atoms with Crippen LogP contribution in [0.5, 0.6) is 5.75 Å². The third kappa shape index (κ3) is 6.16. The number of hydrogen-bond acceptors (Lipinski definition) is 7. The summed E-state index contributed by atoms with van der Waals surface area (Å²) in [7, 11) is -3.11. The Morgan fingerprint density at radius 2 is 1.86 bits per heavy atom. The molecule has 0 aliphatic rings. The molecule has 12 heteroatoms. The second kappa shape index (κ2) is 10.9. The van der Waals surface area contributed by atoms with E-state index < -0.39 is 20.9 Å². The van der Waals surface area contributed by atoms with Gasteiger partial charge in [-0.1, -0.05) is 41.4 Å². The van der Waals surface area contributed by atoms with Gasteiger partial charge in [0.25, 0.3) is 15.7 Å². The van der Waals surface area contributed by atoms with E-state index >= 15 is 0 Å². The predicted molar refractivity (Wildman–Crippen MR) is 131 cm³/mol. The molecule has 1 amide bonds. The number of nitro groups is 1. The van der Waals surface area contributed by atoms with Crippen LogP contribution < -0.4 is 9.46 Å². The van der Waals surface area contributed by atoms with Crippen LogP contribution in [-0.4, -0.2) is 32.6 Å². The Bertz CT molecular complexity index is 1430. The van der Waals surface area contributed by atoms with Crippen molar-refractivity contribution in [3.8, 4) is 16.9 Å². The summed E-state index contributed by atoms with van der Waals surface area (Å²) >= 11 is 11.8. The van der Waals surface area contributed by atoms with Crippen LogP contribution in [0.4, 0.5) is 5.69 Å². The van der Waals surface area contributed by atoms with Crippen molar-refractivity contribution in [3.63, 3.8) is 0 Å². The Balaban J connectivity index is 1.92. The maximum atomic E-state index is 12.9. The van der Waals surface area contributed by atoms with E-state index in [2.05, 4.69) is 0 Å². The number of methoxy groups -OCH3 is 1. The zero-order valence-electron chi connectivity index (χ0n) is 18.2. The van der Waals surface area contributed by atoms with Crippen LogP contribution in [0.1, 0.15) is 22.3 Å². The van der Waals surface area contributed by atoms with Crippen LogP contribution in [0.2, 0.25) is 10.0 Å². The lowest BCUT2D eigenvalue weighted by Gasteiger charge is -2.14. The molecule has 9 nitrogen and oxygen atoms in total. The van der Waals surface area contributed by atoms with Gasteiger partial charge in [-0.15, -0.1) is 0 Å². The highest BCUT2D eigenvalue weighted by atomic mass is 35.5. The first-order chi connectivity index (χ1) is 16.6. The molecule has 35 heavy (non-hydrogen) atoms. The minimum Gasteiger partial charge on any atom is -0.495 e. The number of aldehydes is 1. The van der Waals surface area contributed by atoms with Gasteiger partial charge in [0.1, 0.15) is 5.75 Å². The number of halogens is 2. The first-order valence-corrected chi connectivity index (χ1v) is 12.2. The number of aryl methyl sites for hydroxylation is 1. The maximum Gasteiger partial charge on any atom is 0.270 e. The number of nitrogens with zero attached hydrogens (tertiary/aromatic N) is 1. The van der Waals surface area contributed by atoms with E-state index in [9.17, 15) is 28.1 Å². The minimum atomic E-state index is -4.39. The largest absolute Gasteiger partial charge is 0.495 e. The molecule has 3 aromatic carbocycles. The Labute approximate surface area is 210 Å². The number of nitrogens with one attached hydrogen (secondary N) is 1. The molecule has 0 atom stereocenters. The zero-order chi connectivity index (χ0) is 25.8. The predicted octanol–water partition coefficient (Wildman–Crippen LogP) is 4.83. The fraction of sp³-hybridized carbons (Fsp3) is 0.130. The second-order valence-electron chi connectivity index (χ2n) is 7.30. The summed E-state index contributed by atoms with van der Waals surface area (Å²) < 4.78 is 33.1. The first-order valence-electron chi connectivity index (χ1n) is 9.97. The molecule has 0 aromatic heterocycles. The normalized spacial score (nSPS) is 11.1. The van der Waals surface area contributed by atoms with Gasteiger partial charge in [0.05, 0.1) is 32.5 Å². The van der Waals surface area contributed by atoms with Crippen molar-refractivity contribution in [3.05, 3.63) is 85.9 Å². The number of sulfonamides is 1. The van der Waals surface area contributed by atoms with E-state index in [1.54, 1.807) is 18.2 Å². The van der Waals surface area contributed by atoms with Crippen LogP contribution in [0.3, 0.4) is 0 Å². The van der Waals surface area contributed by atoms with Crippen molar-refractivity contribution in [1.82, 2.24) is 4.72 Å². The molecule has 182 valence electrons. The summed E-state index contributed by atoms with van der Waals surface area (Å²) in [4.78, 5) is 34.2. The average Bonchev–Trinajstić information content (AvgIpc) is 2.83. The SMILES string of the molecule is COc1c(C=O)cc(S(=O)(=O)NC(=O)CCc2ccc(Cl)c(Cl)c2)cc1-c1cccc([N+](=O)[O-])c1. The van der Waals surface area contributed by atoms with E-state index in [0.717, 1.165) is 6.07 Å². The van der Waals surface area contributed by atoms with Crippen molar-refractivity contribution in [2.45, 2.75) is 17.7 Å². The van der Waals surface area contributed by atoms with E-state index in [-0.39, 0.29) is 45.9 Å². The molecule has 0 aliphatic carbocycles. The highest BCUT2D eigenvalue weighted by molar-refractivity contribution is 7.90. The number of nitro benzene ring substituents is 1. The van der Waals surface area contributed by atoms with Gasteiger partial charge < -0.3 is 4.74 Å². The molecular weight excluding hydrogens is 519 g/mol. The highest BCUT2D eigenvalue weighted by Gasteiger charge is 2.23. The van der Waals surface area contributed by atoms with Gasteiger partial charge in [0.15, 0.2) is 6.29 Å². The standard InChI is InChI=1S/C23H18Cl2N2O7S/c1-34-23-16(13-28)11-18(12-19(23)15-3-2-4-17(10-15)27(30)31)35(32,33)26-22(29)8-6-14-5-7-20(24)21(25)9-14/h2-5,7,9-13H,6,8H2,1H3,(H,26,29). The summed E-state index contributed by atoms with van der Waals surface area (Å²) in [6, 6.07) is 12.5. The third-order valence-electron chi connectivity index (χ3n) is 4.97. The molecule has 0 bridgehead atoms. The zero-order valence-corrected chi connectivity index (χ0v) is 20.5. The molecule has 0 saturated carbocycles. The highest BCUT2D eigenvalue weighted by Crippen LogP contribution is 2.36. The fourth-order valence-electron chi connectivity index (χ4n) is 3.31. The maximum absolute atomic E-state index is 12.9. The van der Waals surface area contributed by atoms with Crippen LogP contribution >= 0.6 is 23.2 Å². The van der Waals surface area contributed by atoms with Gasteiger partial charge in [0.2, 0.25) is 5.91 Å². The molecule has 3 aromatic rings. The lowest BCUT2D eigenvalue weighted by molar-refractivity contribution is -0.384. The molecule has 0 radical (unpaired) electrons. The summed E-state index contributed by atoms with van der Waals surface area (Å²) in [5, 5.41) is 11.8. The summed E-state index contributed by atoms with van der Waals surface area (Å²) in [5.74, 6) is -0.748. The van der Waals surface area contributed by atoms with E-state index in [4.69, 9.17) is 27.9 Å². The topological polar surface area (TPSA) is 133 Å². The molecule has 0 aliphatic heterocycles. The van der Waals surface area contributed by atoms with Crippen molar-refractivity contribution in [2.24, 2.45) is 0 Å². The Kier molecular flexibility index (Phi) is 8.11. The van der Waals surface area contributed by atoms with Crippen molar-refractivity contribution >= 4 is 51.1 Å². The lowest BCUT2D eigenvalue weighted by atomic mass is 10.0. The fourth-order valence-corrected chi connectivity index (χ4v) is 4.70. The first kappa shape index (κ1) is 26.1. The minimum absolute atomic E-state index is 0.0328. The molecular formula is C23H18Cl2N2O7S. The van der Waals surface area contributed by atoms with Gasteiger partial charge in [-0.2, -0.15) is 0 Å². The molecule has 1 N–H and O–H groups in total. The second-order valence-corrected chi connectivity index (χ2v) is 9.79. The quantitative estimate of drug-likeness (QED) is 0.235. The van der Waals surface area contributed by atoms with Gasteiger partial charge in [-0.25, -0.2) is 13.1 Å². The Hall–Kier alpha value is -3.47. The van der Waals surface area contributed by atoms with Gasteiger partial charge in [-0.3, -0.25) is 19.7 Å². The van der Waals surface area contributed by atoms with Crippen LogP contribution in [-0.2, 0) is 21.2 Å². The van der Waals surface area contributed by atoms with Crippen molar-refractivity contribution in [1.29, 1.82) is 0 Å². The average molecular weight is 537 g/mol. The molecule has 0 heterocycles. The molecule has 0 spiro atoms. The van der Waals surface area contributed by atoms with Crippen LogP contribution in [0.15, 0.2) is 59.5 Å². The summed E-state index contributed by atoms with van der Waals surface area (Å²) in [6.45, 7) is 0. The lowest BCUT2D eigenvalue weighted by Crippen LogP contribution is -2.30. The molecule has 0 fully saturated rings.